The van der Waals surface area contributed by atoms with Crippen molar-refractivity contribution in [1.82, 2.24) is 9.55 Å². The molecule has 1 rings (SSSR count). The molecule has 4 heteroatoms. The smallest absolute Gasteiger partial charge is 0.0950 e. The molecule has 0 aliphatic rings. The first-order valence-electron chi connectivity index (χ1n) is 3.04. The van der Waals surface area contributed by atoms with Gasteiger partial charge in [0.1, 0.15) is 0 Å². The van der Waals surface area contributed by atoms with Crippen molar-refractivity contribution < 1.29 is 5.11 Å². The molecule has 1 N–H and O–H groups in total. The Kier molecular flexibility index (Phi) is 2.71. The monoisotopic (exact) mass is 160 g/mol. The second-order valence-electron chi connectivity index (χ2n) is 1.95. The van der Waals surface area contributed by atoms with Crippen LogP contribution in [0.15, 0.2) is 12.5 Å². The molecular weight excluding hydrogens is 152 g/mol. The van der Waals surface area contributed by atoms with Crippen LogP contribution in [-0.2, 0) is 13.2 Å². The highest BCUT2D eigenvalue weighted by Crippen LogP contribution is 1.95. The van der Waals surface area contributed by atoms with E-state index in [4.69, 9.17) is 16.7 Å². The first-order chi connectivity index (χ1) is 4.86. The van der Waals surface area contributed by atoms with Gasteiger partial charge in [-0.1, -0.05) is 0 Å². The second kappa shape index (κ2) is 3.58. The largest absolute Gasteiger partial charge is 0.390 e. The summed E-state index contributed by atoms with van der Waals surface area (Å²) in [6.45, 7) is 0.740. The quantitative estimate of drug-likeness (QED) is 0.659. The Hall–Kier alpha value is -0.540. The molecule has 1 aromatic rings. The van der Waals surface area contributed by atoms with E-state index in [2.05, 4.69) is 4.98 Å². The van der Waals surface area contributed by atoms with Crippen LogP contribution in [0, 0.1) is 0 Å². The maximum Gasteiger partial charge on any atom is 0.0950 e. The van der Waals surface area contributed by atoms with E-state index in [9.17, 15) is 0 Å². The van der Waals surface area contributed by atoms with Gasteiger partial charge in [-0.2, -0.15) is 0 Å². The fourth-order valence-electron chi connectivity index (χ4n) is 0.708. The number of halogens is 1. The lowest BCUT2D eigenvalue weighted by atomic mass is 10.5. The average Bonchev–Trinajstić information content (AvgIpc) is 2.37. The van der Waals surface area contributed by atoms with Crippen molar-refractivity contribution in [2.24, 2.45) is 0 Å². The summed E-state index contributed by atoms with van der Waals surface area (Å²) in [5.74, 6) is 0.571. The van der Waals surface area contributed by atoms with E-state index in [0.717, 1.165) is 6.54 Å². The molecule has 0 atom stereocenters. The summed E-state index contributed by atoms with van der Waals surface area (Å²) < 4.78 is 1.85. The number of imidazole rings is 1. The van der Waals surface area contributed by atoms with E-state index >= 15 is 0 Å². The molecule has 0 unspecified atom stereocenters. The number of hydrogen-bond donors (Lipinski definition) is 1. The number of aliphatic hydroxyl groups is 1. The van der Waals surface area contributed by atoms with Crippen LogP contribution in [-0.4, -0.2) is 20.5 Å². The first kappa shape index (κ1) is 7.57. The van der Waals surface area contributed by atoms with Gasteiger partial charge in [-0.05, 0) is 0 Å². The summed E-state index contributed by atoms with van der Waals surface area (Å²) in [5.41, 5.74) is 0.685. The van der Waals surface area contributed by atoms with Crippen molar-refractivity contribution in [2.45, 2.75) is 13.2 Å². The number of nitrogens with zero attached hydrogens (tertiary/aromatic N) is 2. The topological polar surface area (TPSA) is 38.0 Å². The van der Waals surface area contributed by atoms with Gasteiger partial charge in [-0.15, -0.1) is 11.6 Å². The number of aliphatic hydroxyl groups excluding tert-OH is 1. The predicted molar refractivity (Wildman–Crippen MR) is 38.9 cm³/mol. The van der Waals surface area contributed by atoms with Crippen LogP contribution in [0.3, 0.4) is 0 Å². The summed E-state index contributed by atoms with van der Waals surface area (Å²) in [4.78, 5) is 3.91. The zero-order valence-corrected chi connectivity index (χ0v) is 6.25. The highest BCUT2D eigenvalue weighted by molar-refractivity contribution is 6.17. The fraction of sp³-hybridized carbons (Fsp3) is 0.500. The van der Waals surface area contributed by atoms with Crippen molar-refractivity contribution in [3.63, 3.8) is 0 Å². The van der Waals surface area contributed by atoms with Crippen LogP contribution in [0.2, 0.25) is 0 Å². The van der Waals surface area contributed by atoms with Gasteiger partial charge in [0.2, 0.25) is 0 Å². The van der Waals surface area contributed by atoms with Crippen molar-refractivity contribution in [3.8, 4) is 0 Å². The zero-order chi connectivity index (χ0) is 7.40. The minimum absolute atomic E-state index is 0.00468. The average molecular weight is 161 g/mol. The Balaban J connectivity index is 2.59. The molecule has 0 aliphatic heterocycles. The third-order valence-electron chi connectivity index (χ3n) is 1.19. The zero-order valence-electron chi connectivity index (χ0n) is 5.50. The number of rotatable bonds is 3. The van der Waals surface area contributed by atoms with Crippen molar-refractivity contribution in [3.05, 3.63) is 18.2 Å². The van der Waals surface area contributed by atoms with Gasteiger partial charge in [-0.3, -0.25) is 0 Å². The van der Waals surface area contributed by atoms with E-state index in [-0.39, 0.29) is 6.61 Å². The Morgan fingerprint density at radius 2 is 2.50 bits per heavy atom. The molecule has 0 aliphatic carbocycles. The molecule has 56 valence electrons. The Bertz CT molecular complexity index is 199. The van der Waals surface area contributed by atoms with Crippen LogP contribution in [0.25, 0.3) is 0 Å². The molecular formula is C6H9ClN2O. The highest BCUT2D eigenvalue weighted by Gasteiger charge is 1.94. The second-order valence-corrected chi connectivity index (χ2v) is 2.33. The lowest BCUT2D eigenvalue weighted by Gasteiger charge is -1.93. The van der Waals surface area contributed by atoms with Crippen LogP contribution in [0.4, 0.5) is 0 Å². The molecule has 1 heterocycles. The molecule has 0 aromatic carbocycles. The number of aromatic nitrogens is 2. The Labute approximate surface area is 64.3 Å². The van der Waals surface area contributed by atoms with Gasteiger partial charge in [0.15, 0.2) is 0 Å². The SMILES string of the molecule is OCc1cn(CCCl)cn1. The molecule has 0 saturated heterocycles. The summed E-state index contributed by atoms with van der Waals surface area (Å²) in [5, 5.41) is 8.61. The minimum Gasteiger partial charge on any atom is -0.390 e. The minimum atomic E-state index is -0.00468. The first-order valence-corrected chi connectivity index (χ1v) is 3.57. The van der Waals surface area contributed by atoms with E-state index in [1.807, 2.05) is 4.57 Å². The third-order valence-corrected chi connectivity index (χ3v) is 1.36. The van der Waals surface area contributed by atoms with E-state index in [1.165, 1.54) is 0 Å². The molecule has 0 bridgehead atoms. The van der Waals surface area contributed by atoms with Crippen LogP contribution < -0.4 is 0 Å². The molecule has 0 fully saturated rings. The molecule has 0 amide bonds. The van der Waals surface area contributed by atoms with Gasteiger partial charge >= 0.3 is 0 Å². The number of aryl methyl sites for hydroxylation is 1. The van der Waals surface area contributed by atoms with Gasteiger partial charge in [0.25, 0.3) is 0 Å². The maximum absolute atomic E-state index is 8.61. The molecule has 3 nitrogen and oxygen atoms in total. The van der Waals surface area contributed by atoms with Gasteiger partial charge < -0.3 is 9.67 Å². The van der Waals surface area contributed by atoms with Crippen molar-refractivity contribution in [2.75, 3.05) is 5.88 Å². The van der Waals surface area contributed by atoms with Crippen LogP contribution in [0.5, 0.6) is 0 Å². The highest BCUT2D eigenvalue weighted by atomic mass is 35.5. The summed E-state index contributed by atoms with van der Waals surface area (Å²) in [6.07, 6.45) is 3.44. The fourth-order valence-corrected chi connectivity index (χ4v) is 0.903. The summed E-state index contributed by atoms with van der Waals surface area (Å²) in [7, 11) is 0. The predicted octanol–water partition coefficient (Wildman–Crippen LogP) is 0.614. The van der Waals surface area contributed by atoms with E-state index < -0.39 is 0 Å². The molecule has 0 saturated carbocycles. The van der Waals surface area contributed by atoms with Crippen molar-refractivity contribution in [1.29, 1.82) is 0 Å². The molecule has 1 aromatic heterocycles. The number of hydrogen-bond acceptors (Lipinski definition) is 2. The van der Waals surface area contributed by atoms with E-state index in [1.54, 1.807) is 12.5 Å². The number of alkyl halides is 1. The third kappa shape index (κ3) is 1.72. The summed E-state index contributed by atoms with van der Waals surface area (Å²) in [6, 6.07) is 0. The lowest BCUT2D eigenvalue weighted by molar-refractivity contribution is 0.277. The molecule has 0 spiro atoms. The summed E-state index contributed by atoms with van der Waals surface area (Å²) >= 11 is 5.48. The normalized spacial score (nSPS) is 10.2. The standard InChI is InChI=1S/C6H9ClN2O/c7-1-2-9-3-6(4-10)8-5-9/h3,5,10H,1-2,4H2. The van der Waals surface area contributed by atoms with Crippen LogP contribution >= 0.6 is 11.6 Å². The van der Waals surface area contributed by atoms with Crippen LogP contribution in [0.1, 0.15) is 5.69 Å². The van der Waals surface area contributed by atoms with Crippen molar-refractivity contribution >= 4 is 11.6 Å². The van der Waals surface area contributed by atoms with E-state index in [0.29, 0.717) is 11.6 Å². The Morgan fingerprint density at radius 1 is 1.70 bits per heavy atom. The van der Waals surface area contributed by atoms with Gasteiger partial charge in [0.05, 0.1) is 18.6 Å². The van der Waals surface area contributed by atoms with Gasteiger partial charge in [-0.25, -0.2) is 4.98 Å². The Morgan fingerprint density at radius 3 is 3.00 bits per heavy atom. The van der Waals surface area contributed by atoms with Gasteiger partial charge in [0, 0.05) is 18.6 Å². The lowest BCUT2D eigenvalue weighted by Crippen LogP contribution is -1.94. The molecule has 0 radical (unpaired) electrons. The molecule has 10 heavy (non-hydrogen) atoms. The maximum atomic E-state index is 8.61.